The third kappa shape index (κ3) is 5.16. The number of aromatic nitrogens is 6. The molecule has 0 N–H and O–H groups in total. The zero-order chi connectivity index (χ0) is 19.1. The molecule has 2 heterocycles. The molecule has 9 nitrogen and oxygen atoms in total. The molecule has 0 bridgehead atoms. The first-order valence-corrected chi connectivity index (χ1v) is 8.65. The number of benzene rings is 1. The molecule has 3 aromatic rings. The minimum atomic E-state index is -0.415. The van der Waals surface area contributed by atoms with Gasteiger partial charge in [-0.1, -0.05) is 18.5 Å². The second-order valence-corrected chi connectivity index (χ2v) is 5.85. The first-order chi connectivity index (χ1) is 13.2. The lowest BCUT2D eigenvalue weighted by Gasteiger charge is -2.04. The molecule has 3 rings (SSSR count). The van der Waals surface area contributed by atoms with Crippen LogP contribution in [0.3, 0.4) is 0 Å². The Kier molecular flexibility index (Phi) is 6.18. The van der Waals surface area contributed by atoms with Crippen LogP contribution in [0.4, 0.5) is 4.39 Å². The molecule has 0 amide bonds. The summed E-state index contributed by atoms with van der Waals surface area (Å²) in [5.41, 5.74) is 0.632. The number of carbonyl (C=O) groups is 1. The average molecular weight is 374 g/mol. The van der Waals surface area contributed by atoms with Crippen molar-refractivity contribution in [2.24, 2.45) is 0 Å². The van der Waals surface area contributed by atoms with Crippen LogP contribution in [0.2, 0.25) is 0 Å². The van der Waals surface area contributed by atoms with Crippen LogP contribution >= 0.6 is 0 Å². The smallest absolute Gasteiger partial charge is 0.306 e. The van der Waals surface area contributed by atoms with Gasteiger partial charge in [-0.2, -0.15) is 4.98 Å². The monoisotopic (exact) mass is 374 g/mol. The van der Waals surface area contributed by atoms with Crippen LogP contribution in [0.15, 0.2) is 28.8 Å². The van der Waals surface area contributed by atoms with E-state index in [4.69, 9.17) is 9.26 Å². The molecule has 0 spiro atoms. The molecule has 0 saturated heterocycles. The molecule has 0 unspecified atom stereocenters. The van der Waals surface area contributed by atoms with Crippen molar-refractivity contribution < 1.29 is 18.4 Å². The molecule has 0 aliphatic carbocycles. The maximum atomic E-state index is 12.9. The summed E-state index contributed by atoms with van der Waals surface area (Å²) >= 11 is 0. The highest BCUT2D eigenvalue weighted by Gasteiger charge is 2.13. The Morgan fingerprint density at radius 2 is 2.11 bits per heavy atom. The maximum absolute atomic E-state index is 12.9. The van der Waals surface area contributed by atoms with Crippen LogP contribution in [-0.2, 0) is 29.1 Å². The standard InChI is InChI=1S/C17H19FN6O3/c1-2-3-10-24-14(20-22-23-24)11-26-16(25)9-8-15-19-17(21-27-15)12-4-6-13(18)7-5-12/h4-7H,2-3,8-11H2,1H3. The molecule has 0 fully saturated rings. The largest absolute Gasteiger partial charge is 0.457 e. The van der Waals surface area contributed by atoms with E-state index in [0.717, 1.165) is 12.8 Å². The Morgan fingerprint density at radius 1 is 1.30 bits per heavy atom. The van der Waals surface area contributed by atoms with E-state index in [1.54, 1.807) is 16.8 Å². The third-order valence-electron chi connectivity index (χ3n) is 3.81. The fraction of sp³-hybridized carbons (Fsp3) is 0.412. The van der Waals surface area contributed by atoms with Gasteiger partial charge >= 0.3 is 5.97 Å². The number of aryl methyl sites for hydroxylation is 2. The van der Waals surface area contributed by atoms with Crippen molar-refractivity contribution in [2.45, 2.75) is 45.8 Å². The van der Waals surface area contributed by atoms with Gasteiger partial charge < -0.3 is 9.26 Å². The molecule has 10 heteroatoms. The highest BCUT2D eigenvalue weighted by molar-refractivity contribution is 5.69. The lowest BCUT2D eigenvalue weighted by molar-refractivity contribution is -0.145. The second kappa shape index (κ2) is 8.97. The van der Waals surface area contributed by atoms with E-state index in [-0.39, 0.29) is 25.3 Å². The summed E-state index contributed by atoms with van der Waals surface area (Å²) in [6.45, 7) is 2.77. The van der Waals surface area contributed by atoms with E-state index in [1.807, 2.05) is 0 Å². The zero-order valence-electron chi connectivity index (χ0n) is 14.8. The van der Waals surface area contributed by atoms with Gasteiger partial charge in [0.2, 0.25) is 11.7 Å². The number of tetrazole rings is 1. The van der Waals surface area contributed by atoms with E-state index in [2.05, 4.69) is 32.6 Å². The number of rotatable bonds is 9. The summed E-state index contributed by atoms with van der Waals surface area (Å²) in [5, 5.41) is 15.2. The Morgan fingerprint density at radius 3 is 2.89 bits per heavy atom. The average Bonchev–Trinajstić information content (AvgIpc) is 3.33. The van der Waals surface area contributed by atoms with Crippen molar-refractivity contribution in [3.63, 3.8) is 0 Å². The predicted molar refractivity (Wildman–Crippen MR) is 90.5 cm³/mol. The van der Waals surface area contributed by atoms with Gasteiger partial charge in [0.25, 0.3) is 0 Å². The normalized spacial score (nSPS) is 10.9. The number of esters is 1. The SMILES string of the molecule is CCCCn1nnnc1COC(=O)CCc1nc(-c2ccc(F)cc2)no1. The van der Waals surface area contributed by atoms with E-state index < -0.39 is 5.97 Å². The molecule has 0 aliphatic rings. The molecular formula is C17H19FN6O3. The zero-order valence-corrected chi connectivity index (χ0v) is 14.8. The summed E-state index contributed by atoms with van der Waals surface area (Å²) in [5.74, 6) is 0.397. The van der Waals surface area contributed by atoms with Crippen LogP contribution in [0, 0.1) is 5.82 Å². The first-order valence-electron chi connectivity index (χ1n) is 8.65. The van der Waals surface area contributed by atoms with E-state index >= 15 is 0 Å². The molecule has 0 aliphatic heterocycles. The molecule has 142 valence electrons. The van der Waals surface area contributed by atoms with E-state index in [1.165, 1.54) is 12.1 Å². The Bertz CT molecular complexity index is 877. The number of hydrogen-bond acceptors (Lipinski definition) is 8. The van der Waals surface area contributed by atoms with Crippen LogP contribution in [-0.4, -0.2) is 36.3 Å². The number of nitrogens with zero attached hydrogens (tertiary/aromatic N) is 6. The van der Waals surface area contributed by atoms with Gasteiger partial charge in [0, 0.05) is 18.5 Å². The van der Waals surface area contributed by atoms with Gasteiger partial charge in [0.1, 0.15) is 5.82 Å². The number of ether oxygens (including phenoxy) is 1. The summed E-state index contributed by atoms with van der Waals surface area (Å²) < 4.78 is 24.9. The lowest BCUT2D eigenvalue weighted by Crippen LogP contribution is -2.11. The predicted octanol–water partition coefficient (Wildman–Crippen LogP) is 2.34. The summed E-state index contributed by atoms with van der Waals surface area (Å²) in [6.07, 6.45) is 2.29. The topological polar surface area (TPSA) is 109 Å². The van der Waals surface area contributed by atoms with Gasteiger partial charge in [-0.15, -0.1) is 5.10 Å². The van der Waals surface area contributed by atoms with Crippen molar-refractivity contribution >= 4 is 5.97 Å². The molecule has 1 aromatic carbocycles. The lowest BCUT2D eigenvalue weighted by atomic mass is 10.2. The van der Waals surface area contributed by atoms with Gasteiger partial charge in [-0.25, -0.2) is 9.07 Å². The van der Waals surface area contributed by atoms with Crippen molar-refractivity contribution in [3.05, 3.63) is 41.8 Å². The molecular weight excluding hydrogens is 355 g/mol. The Labute approximate surface area is 154 Å². The molecule has 0 radical (unpaired) electrons. The van der Waals surface area contributed by atoms with Crippen LogP contribution < -0.4 is 0 Å². The van der Waals surface area contributed by atoms with E-state index in [9.17, 15) is 9.18 Å². The third-order valence-corrected chi connectivity index (χ3v) is 3.81. The molecule has 2 aromatic heterocycles. The fourth-order valence-electron chi connectivity index (χ4n) is 2.31. The fourth-order valence-corrected chi connectivity index (χ4v) is 2.31. The highest BCUT2D eigenvalue weighted by atomic mass is 19.1. The first kappa shape index (κ1) is 18.6. The van der Waals surface area contributed by atoms with Crippen molar-refractivity contribution in [2.75, 3.05) is 0 Å². The Hall–Kier alpha value is -3.17. The van der Waals surface area contributed by atoms with Gasteiger partial charge in [-0.3, -0.25) is 4.79 Å². The quantitative estimate of drug-likeness (QED) is 0.525. The molecule has 0 saturated carbocycles. The van der Waals surface area contributed by atoms with Gasteiger partial charge in [0.05, 0.1) is 6.42 Å². The van der Waals surface area contributed by atoms with Crippen LogP contribution in [0.1, 0.15) is 37.9 Å². The summed E-state index contributed by atoms with van der Waals surface area (Å²) in [4.78, 5) is 16.1. The van der Waals surface area contributed by atoms with Gasteiger partial charge in [0.15, 0.2) is 12.4 Å². The second-order valence-electron chi connectivity index (χ2n) is 5.85. The minimum absolute atomic E-state index is 0.0141. The van der Waals surface area contributed by atoms with Gasteiger partial charge in [-0.05, 0) is 41.1 Å². The molecule has 0 atom stereocenters. The number of carbonyl (C=O) groups excluding carboxylic acids is 1. The summed E-state index contributed by atoms with van der Waals surface area (Å²) in [7, 11) is 0. The number of unbranched alkanes of at least 4 members (excludes halogenated alkanes) is 1. The minimum Gasteiger partial charge on any atom is -0.457 e. The maximum Gasteiger partial charge on any atom is 0.306 e. The van der Waals surface area contributed by atoms with Crippen molar-refractivity contribution in [1.29, 1.82) is 0 Å². The highest BCUT2D eigenvalue weighted by Crippen LogP contribution is 2.16. The number of hydrogen-bond donors (Lipinski definition) is 0. The van der Waals surface area contributed by atoms with Crippen LogP contribution in [0.5, 0.6) is 0 Å². The van der Waals surface area contributed by atoms with Crippen molar-refractivity contribution in [1.82, 2.24) is 30.3 Å². The Balaban J connectivity index is 1.47. The van der Waals surface area contributed by atoms with Crippen LogP contribution in [0.25, 0.3) is 11.4 Å². The molecule has 27 heavy (non-hydrogen) atoms. The number of halogens is 1. The summed E-state index contributed by atoms with van der Waals surface area (Å²) in [6, 6.07) is 5.75. The van der Waals surface area contributed by atoms with E-state index in [0.29, 0.717) is 29.6 Å². The van der Waals surface area contributed by atoms with Crippen molar-refractivity contribution in [3.8, 4) is 11.4 Å².